The van der Waals surface area contributed by atoms with Crippen molar-refractivity contribution in [2.24, 2.45) is 5.41 Å². The molecule has 0 radical (unpaired) electrons. The van der Waals surface area contributed by atoms with Crippen molar-refractivity contribution in [2.75, 3.05) is 4.90 Å². The zero-order chi connectivity index (χ0) is 13.5. The molecule has 0 spiro atoms. The molecule has 0 saturated carbocycles. The van der Waals surface area contributed by atoms with Crippen LogP contribution in [0, 0.1) is 11.2 Å². The van der Waals surface area contributed by atoms with Gasteiger partial charge in [-0.3, -0.25) is 14.9 Å². The van der Waals surface area contributed by atoms with E-state index in [1.165, 1.54) is 32.0 Å². The Kier molecular flexibility index (Phi) is 2.65. The Morgan fingerprint density at radius 2 is 1.78 bits per heavy atom. The molecule has 94 valence electrons. The number of benzene rings is 1. The molecule has 2 rings (SSSR count). The number of rotatable bonds is 1. The number of barbiturate groups is 1. The third-order valence-electron chi connectivity index (χ3n) is 2.82. The Bertz CT molecular complexity index is 554. The van der Waals surface area contributed by atoms with Crippen LogP contribution in [0.3, 0.4) is 0 Å². The summed E-state index contributed by atoms with van der Waals surface area (Å²) in [4.78, 5) is 35.9. The van der Waals surface area contributed by atoms with Crippen LogP contribution in [0.15, 0.2) is 24.3 Å². The Hall–Kier alpha value is -2.24. The van der Waals surface area contributed by atoms with Crippen molar-refractivity contribution in [3.05, 3.63) is 30.1 Å². The molecular weight excluding hydrogens is 239 g/mol. The molecular formula is C12H11FN2O3. The first-order valence-corrected chi connectivity index (χ1v) is 5.30. The number of carbonyl (C=O) groups is 3. The van der Waals surface area contributed by atoms with Crippen LogP contribution in [0.4, 0.5) is 14.9 Å². The lowest BCUT2D eigenvalue weighted by atomic mass is 9.88. The smallest absolute Gasteiger partial charge is 0.276 e. The van der Waals surface area contributed by atoms with Crippen molar-refractivity contribution >= 4 is 23.5 Å². The first kappa shape index (κ1) is 12.2. The maximum atomic E-state index is 13.6. The quantitative estimate of drug-likeness (QED) is 0.767. The molecule has 5 nitrogen and oxygen atoms in total. The van der Waals surface area contributed by atoms with E-state index in [0.29, 0.717) is 4.90 Å². The predicted octanol–water partition coefficient (Wildman–Crippen LogP) is 1.43. The number of anilines is 1. The minimum absolute atomic E-state index is 0.166. The molecule has 1 aliphatic rings. The minimum atomic E-state index is -1.41. The van der Waals surface area contributed by atoms with E-state index < -0.39 is 29.1 Å². The highest BCUT2D eigenvalue weighted by molar-refractivity contribution is 6.29. The van der Waals surface area contributed by atoms with Crippen molar-refractivity contribution in [1.82, 2.24) is 5.32 Å². The van der Waals surface area contributed by atoms with E-state index in [1.54, 1.807) is 0 Å². The first-order chi connectivity index (χ1) is 8.35. The Morgan fingerprint density at radius 3 is 2.39 bits per heavy atom. The molecule has 1 N–H and O–H groups in total. The van der Waals surface area contributed by atoms with E-state index >= 15 is 0 Å². The van der Waals surface area contributed by atoms with Gasteiger partial charge < -0.3 is 0 Å². The van der Waals surface area contributed by atoms with Gasteiger partial charge >= 0.3 is 6.03 Å². The fraction of sp³-hybridized carbons (Fsp3) is 0.250. The van der Waals surface area contributed by atoms with Gasteiger partial charge in [-0.25, -0.2) is 14.1 Å². The lowest BCUT2D eigenvalue weighted by Crippen LogP contribution is -2.62. The number of hydrogen-bond acceptors (Lipinski definition) is 3. The van der Waals surface area contributed by atoms with Crippen molar-refractivity contribution in [1.29, 1.82) is 0 Å². The third-order valence-corrected chi connectivity index (χ3v) is 2.82. The second-order valence-corrected chi connectivity index (χ2v) is 4.48. The Balaban J connectivity index is 2.51. The number of urea groups is 1. The van der Waals surface area contributed by atoms with Gasteiger partial charge in [0.2, 0.25) is 11.8 Å². The van der Waals surface area contributed by atoms with E-state index in [-0.39, 0.29) is 5.69 Å². The fourth-order valence-electron chi connectivity index (χ4n) is 1.63. The highest BCUT2D eigenvalue weighted by Crippen LogP contribution is 2.29. The topological polar surface area (TPSA) is 66.5 Å². The van der Waals surface area contributed by atoms with Gasteiger partial charge in [-0.2, -0.15) is 0 Å². The number of carbonyl (C=O) groups excluding carboxylic acids is 3. The number of imide groups is 2. The molecule has 1 saturated heterocycles. The van der Waals surface area contributed by atoms with Gasteiger partial charge in [-0.05, 0) is 26.0 Å². The summed E-state index contributed by atoms with van der Waals surface area (Å²) in [5.74, 6) is -2.14. The second kappa shape index (κ2) is 3.90. The molecule has 1 fully saturated rings. The summed E-state index contributed by atoms with van der Waals surface area (Å²) in [6, 6.07) is 4.46. The van der Waals surface area contributed by atoms with Crippen LogP contribution < -0.4 is 10.2 Å². The molecule has 6 heteroatoms. The molecule has 1 heterocycles. The van der Waals surface area contributed by atoms with E-state index in [0.717, 1.165) is 6.07 Å². The standard InChI is InChI=1S/C12H11FN2O3/c1-12(2)9(16)14-11(18)15(10(12)17)8-6-4-3-5-7(8)13/h3-6H,1-2H3,(H,14,16,18). The number of hydrogen-bond donors (Lipinski definition) is 1. The zero-order valence-electron chi connectivity index (χ0n) is 9.86. The maximum absolute atomic E-state index is 13.6. The number of para-hydroxylation sites is 1. The maximum Gasteiger partial charge on any atom is 0.335 e. The molecule has 1 aromatic rings. The number of halogens is 1. The van der Waals surface area contributed by atoms with Gasteiger partial charge in [-0.1, -0.05) is 12.1 Å². The van der Waals surface area contributed by atoms with Crippen molar-refractivity contribution < 1.29 is 18.8 Å². The largest absolute Gasteiger partial charge is 0.335 e. The molecule has 1 aromatic carbocycles. The van der Waals surface area contributed by atoms with E-state index in [4.69, 9.17) is 0 Å². The first-order valence-electron chi connectivity index (χ1n) is 5.30. The van der Waals surface area contributed by atoms with Crippen molar-refractivity contribution in [3.8, 4) is 0 Å². The molecule has 0 unspecified atom stereocenters. The van der Waals surface area contributed by atoms with Crippen LogP contribution in [0.2, 0.25) is 0 Å². The molecule has 18 heavy (non-hydrogen) atoms. The van der Waals surface area contributed by atoms with E-state index in [1.807, 2.05) is 5.32 Å². The summed E-state index contributed by atoms with van der Waals surface area (Å²) in [7, 11) is 0. The monoisotopic (exact) mass is 250 g/mol. The van der Waals surface area contributed by atoms with Gasteiger partial charge in [0.15, 0.2) is 0 Å². The van der Waals surface area contributed by atoms with Crippen LogP contribution in [-0.2, 0) is 9.59 Å². The lowest BCUT2D eigenvalue weighted by molar-refractivity contribution is -0.140. The number of nitrogens with one attached hydrogen (secondary N) is 1. The minimum Gasteiger partial charge on any atom is -0.276 e. The second-order valence-electron chi connectivity index (χ2n) is 4.48. The molecule has 4 amide bonds. The Labute approximate surface area is 103 Å². The van der Waals surface area contributed by atoms with Gasteiger partial charge in [0.25, 0.3) is 0 Å². The number of amides is 4. The van der Waals surface area contributed by atoms with Crippen molar-refractivity contribution in [2.45, 2.75) is 13.8 Å². The van der Waals surface area contributed by atoms with Gasteiger partial charge in [0.1, 0.15) is 11.2 Å². The molecule has 0 atom stereocenters. The molecule has 0 bridgehead atoms. The fourth-order valence-corrected chi connectivity index (χ4v) is 1.63. The summed E-state index contributed by atoms with van der Waals surface area (Å²) >= 11 is 0. The lowest BCUT2D eigenvalue weighted by Gasteiger charge is -2.34. The highest BCUT2D eigenvalue weighted by Gasteiger charge is 2.48. The summed E-state index contributed by atoms with van der Waals surface area (Å²) in [5.41, 5.74) is -1.57. The average Bonchev–Trinajstić information content (AvgIpc) is 2.30. The van der Waals surface area contributed by atoms with Crippen LogP contribution in [0.25, 0.3) is 0 Å². The van der Waals surface area contributed by atoms with Gasteiger partial charge in [0.05, 0.1) is 5.69 Å². The summed E-state index contributed by atoms with van der Waals surface area (Å²) in [6.45, 7) is 2.76. The van der Waals surface area contributed by atoms with Crippen LogP contribution in [0.5, 0.6) is 0 Å². The van der Waals surface area contributed by atoms with Crippen molar-refractivity contribution in [3.63, 3.8) is 0 Å². The van der Waals surface area contributed by atoms with Crippen LogP contribution >= 0.6 is 0 Å². The van der Waals surface area contributed by atoms with E-state index in [9.17, 15) is 18.8 Å². The Morgan fingerprint density at radius 1 is 1.17 bits per heavy atom. The van der Waals surface area contributed by atoms with Gasteiger partial charge in [0, 0.05) is 0 Å². The van der Waals surface area contributed by atoms with E-state index in [2.05, 4.69) is 0 Å². The highest BCUT2D eigenvalue weighted by atomic mass is 19.1. The molecule has 1 aliphatic heterocycles. The van der Waals surface area contributed by atoms with Crippen LogP contribution in [0.1, 0.15) is 13.8 Å². The zero-order valence-corrected chi connectivity index (χ0v) is 9.86. The molecule has 0 aliphatic carbocycles. The average molecular weight is 250 g/mol. The predicted molar refractivity (Wildman–Crippen MR) is 61.2 cm³/mol. The normalized spacial score (nSPS) is 18.8. The molecule has 0 aromatic heterocycles. The third kappa shape index (κ3) is 1.66. The summed E-state index contributed by atoms with van der Waals surface area (Å²) in [6.07, 6.45) is 0. The van der Waals surface area contributed by atoms with Crippen LogP contribution in [-0.4, -0.2) is 17.8 Å². The van der Waals surface area contributed by atoms with Gasteiger partial charge in [-0.15, -0.1) is 0 Å². The summed E-state index contributed by atoms with van der Waals surface area (Å²) in [5, 5.41) is 2.04. The summed E-state index contributed by atoms with van der Waals surface area (Å²) < 4.78 is 13.6. The SMILES string of the molecule is CC1(C)C(=O)NC(=O)N(c2ccccc2F)C1=O. The number of nitrogens with zero attached hydrogens (tertiary/aromatic N) is 1.